The van der Waals surface area contributed by atoms with E-state index in [4.69, 9.17) is 17.3 Å². The van der Waals surface area contributed by atoms with E-state index in [1.165, 1.54) is 12.3 Å². The maximum absolute atomic E-state index is 14.4. The van der Waals surface area contributed by atoms with Crippen molar-refractivity contribution in [3.8, 4) is 11.3 Å². The summed E-state index contributed by atoms with van der Waals surface area (Å²) in [5.74, 6) is -2.41. The van der Waals surface area contributed by atoms with Gasteiger partial charge in [-0.15, -0.1) is 0 Å². The van der Waals surface area contributed by atoms with E-state index in [1.54, 1.807) is 19.1 Å². The lowest BCUT2D eigenvalue weighted by atomic mass is 9.79. The minimum atomic E-state index is -5.10. The number of fused-ring (bicyclic) bond motifs is 1. The first-order valence-electron chi connectivity index (χ1n) is 9.93. The number of ether oxygens (including phenoxy) is 1. The molecule has 13 heteroatoms. The number of aromatic amines is 1. The summed E-state index contributed by atoms with van der Waals surface area (Å²) in [5.41, 5.74) is 6.13. The van der Waals surface area contributed by atoms with E-state index in [0.717, 1.165) is 0 Å². The average molecular weight is 487 g/mol. The maximum Gasteiger partial charge on any atom is 0.490 e. The number of hydrogen-bond acceptors (Lipinski definition) is 7. The summed E-state index contributed by atoms with van der Waals surface area (Å²) in [6.45, 7) is 2.47. The number of benzene rings is 1. The van der Waals surface area contributed by atoms with Crippen LogP contribution in [0.4, 0.5) is 23.4 Å². The molecular formula is C20H19ClF4N6O2. The van der Waals surface area contributed by atoms with Crippen molar-refractivity contribution in [1.29, 1.82) is 0 Å². The van der Waals surface area contributed by atoms with Crippen LogP contribution in [0.2, 0.25) is 5.02 Å². The second kappa shape index (κ2) is 8.41. The number of esters is 1. The van der Waals surface area contributed by atoms with Crippen LogP contribution in [0.15, 0.2) is 24.4 Å². The third-order valence-corrected chi connectivity index (χ3v) is 6.15. The number of rotatable bonds is 4. The minimum absolute atomic E-state index is 0.0321. The lowest BCUT2D eigenvalue weighted by molar-refractivity contribution is -0.210. The number of anilines is 1. The zero-order chi connectivity index (χ0) is 24.0. The van der Waals surface area contributed by atoms with Crippen molar-refractivity contribution >= 4 is 34.6 Å². The molecule has 0 saturated carbocycles. The molecule has 1 aromatic carbocycles. The summed E-state index contributed by atoms with van der Waals surface area (Å²) in [6, 6.07) is 4.59. The molecule has 0 aliphatic carbocycles. The van der Waals surface area contributed by atoms with E-state index in [-0.39, 0.29) is 16.2 Å². The number of alkyl halides is 3. The van der Waals surface area contributed by atoms with Crippen molar-refractivity contribution in [2.75, 3.05) is 18.0 Å². The molecule has 3 heterocycles. The van der Waals surface area contributed by atoms with Gasteiger partial charge in [-0.3, -0.25) is 10.8 Å². The molecule has 1 unspecified atom stereocenters. The summed E-state index contributed by atoms with van der Waals surface area (Å²) >= 11 is 5.86. The number of carbonyl (C=O) groups is 1. The van der Waals surface area contributed by atoms with Gasteiger partial charge >= 0.3 is 12.1 Å². The molecule has 176 valence electrons. The molecule has 1 fully saturated rings. The van der Waals surface area contributed by atoms with Crippen LogP contribution in [-0.4, -0.2) is 51.6 Å². The number of nitrogens with zero attached hydrogens (tertiary/aromatic N) is 4. The number of aromatic nitrogens is 4. The van der Waals surface area contributed by atoms with E-state index in [0.29, 0.717) is 43.0 Å². The topological polar surface area (TPSA) is 110 Å². The highest BCUT2D eigenvalue weighted by atomic mass is 35.5. The summed E-state index contributed by atoms with van der Waals surface area (Å²) in [6.07, 6.45) is -4.27. The van der Waals surface area contributed by atoms with Crippen LogP contribution in [0.5, 0.6) is 0 Å². The molecule has 0 spiro atoms. The lowest BCUT2D eigenvalue weighted by Gasteiger charge is -2.42. The number of carbonyl (C=O) groups excluding carboxylic acids is 1. The van der Waals surface area contributed by atoms with Gasteiger partial charge in [0.05, 0.1) is 16.9 Å². The van der Waals surface area contributed by atoms with Crippen molar-refractivity contribution in [2.24, 2.45) is 11.1 Å². The molecule has 1 saturated heterocycles. The zero-order valence-corrected chi connectivity index (χ0v) is 18.0. The quantitative estimate of drug-likeness (QED) is 0.328. The number of piperidine rings is 1. The average Bonchev–Trinajstić information content (AvgIpc) is 3.18. The summed E-state index contributed by atoms with van der Waals surface area (Å²) in [5, 5.41) is 6.82. The lowest BCUT2D eigenvalue weighted by Crippen LogP contribution is -2.51. The van der Waals surface area contributed by atoms with Crippen LogP contribution in [0.25, 0.3) is 22.4 Å². The van der Waals surface area contributed by atoms with Crippen LogP contribution in [0, 0.1) is 11.2 Å². The van der Waals surface area contributed by atoms with Gasteiger partial charge in [-0.05, 0) is 25.0 Å². The highest BCUT2D eigenvalue weighted by Gasteiger charge is 2.46. The Bertz CT molecular complexity index is 1190. The molecule has 4 rings (SSSR count). The van der Waals surface area contributed by atoms with Gasteiger partial charge in [0.15, 0.2) is 12.0 Å². The molecule has 8 nitrogen and oxygen atoms in total. The summed E-state index contributed by atoms with van der Waals surface area (Å²) in [7, 11) is 0. The first-order chi connectivity index (χ1) is 15.5. The Morgan fingerprint density at radius 3 is 2.70 bits per heavy atom. The second-order valence-electron chi connectivity index (χ2n) is 8.07. The van der Waals surface area contributed by atoms with Gasteiger partial charge in [0.2, 0.25) is 5.65 Å². The molecule has 0 radical (unpaired) electrons. The molecule has 1 atom stereocenters. The van der Waals surface area contributed by atoms with Crippen LogP contribution in [0.1, 0.15) is 19.8 Å². The fraction of sp³-hybridized carbons (Fsp3) is 0.400. The number of halogens is 5. The molecule has 3 aromatic rings. The highest BCUT2D eigenvalue weighted by Crippen LogP contribution is 2.37. The normalized spacial score (nSPS) is 17.2. The maximum atomic E-state index is 14.4. The van der Waals surface area contributed by atoms with E-state index in [9.17, 15) is 22.4 Å². The second-order valence-corrected chi connectivity index (χ2v) is 8.47. The van der Waals surface area contributed by atoms with E-state index in [2.05, 4.69) is 24.9 Å². The Morgan fingerprint density at radius 2 is 2.03 bits per heavy atom. The van der Waals surface area contributed by atoms with Crippen molar-refractivity contribution in [1.82, 2.24) is 20.2 Å². The Hall–Kier alpha value is -2.99. The molecule has 3 N–H and O–H groups in total. The van der Waals surface area contributed by atoms with Crippen LogP contribution in [-0.2, 0) is 9.53 Å². The Balaban J connectivity index is 1.49. The Labute approximate surface area is 190 Å². The highest BCUT2D eigenvalue weighted by molar-refractivity contribution is 6.31. The van der Waals surface area contributed by atoms with Crippen molar-refractivity contribution < 1.29 is 27.1 Å². The van der Waals surface area contributed by atoms with Crippen LogP contribution < -0.4 is 10.6 Å². The molecular weight excluding hydrogens is 468 g/mol. The fourth-order valence-corrected chi connectivity index (χ4v) is 3.85. The van der Waals surface area contributed by atoms with Crippen molar-refractivity contribution in [3.05, 3.63) is 35.2 Å². The monoisotopic (exact) mass is 486 g/mol. The molecule has 0 amide bonds. The molecule has 2 aromatic heterocycles. The van der Waals surface area contributed by atoms with E-state index in [1.807, 2.05) is 4.90 Å². The zero-order valence-electron chi connectivity index (χ0n) is 17.3. The largest absolute Gasteiger partial charge is 0.490 e. The van der Waals surface area contributed by atoms with Crippen LogP contribution in [0.3, 0.4) is 0 Å². The summed E-state index contributed by atoms with van der Waals surface area (Å²) in [4.78, 5) is 21.8. The number of H-pyrrole nitrogens is 1. The number of nitrogens with two attached hydrogens (primary N) is 1. The van der Waals surface area contributed by atoms with Gasteiger partial charge in [-0.1, -0.05) is 24.6 Å². The van der Waals surface area contributed by atoms with Gasteiger partial charge < -0.3 is 9.64 Å². The van der Waals surface area contributed by atoms with Gasteiger partial charge in [-0.25, -0.2) is 19.2 Å². The predicted octanol–water partition coefficient (Wildman–Crippen LogP) is 3.81. The minimum Gasteiger partial charge on any atom is -0.440 e. The first kappa shape index (κ1) is 23.2. The number of nitrogens with one attached hydrogen (secondary N) is 1. The third-order valence-electron chi connectivity index (χ3n) is 5.85. The van der Waals surface area contributed by atoms with Gasteiger partial charge in [0.1, 0.15) is 11.3 Å². The standard InChI is InChI=1S/C20H19ClF4N6O2/c1-19(17(26)33-18(32)20(23,24)25)5-7-31(8-6-19)12-9-27-15-14(29-30-16(15)28-12)10-3-2-4-11(21)13(10)22/h2-4,9,17H,5-8,26H2,1H3,(H,28,29,30). The van der Waals surface area contributed by atoms with Gasteiger partial charge in [-0.2, -0.15) is 18.3 Å². The molecule has 1 aliphatic rings. The molecule has 0 bridgehead atoms. The summed E-state index contributed by atoms with van der Waals surface area (Å²) < 4.78 is 56.3. The van der Waals surface area contributed by atoms with Gasteiger partial charge in [0, 0.05) is 24.1 Å². The van der Waals surface area contributed by atoms with Crippen molar-refractivity contribution in [2.45, 2.75) is 32.2 Å². The molecule has 1 aliphatic heterocycles. The fourth-order valence-electron chi connectivity index (χ4n) is 3.68. The SMILES string of the molecule is CC1(C(N)OC(=O)C(F)(F)F)CCN(c2cnc3c(-c4cccc(Cl)c4F)[nH]nc3n2)CC1. The van der Waals surface area contributed by atoms with Crippen LogP contribution >= 0.6 is 11.6 Å². The Kier molecular flexibility index (Phi) is 5.91. The Morgan fingerprint density at radius 1 is 1.33 bits per heavy atom. The molecule has 33 heavy (non-hydrogen) atoms. The number of hydrogen-bond donors (Lipinski definition) is 2. The van der Waals surface area contributed by atoms with E-state index < -0.39 is 29.6 Å². The first-order valence-corrected chi connectivity index (χ1v) is 10.3. The van der Waals surface area contributed by atoms with Crippen molar-refractivity contribution in [3.63, 3.8) is 0 Å². The predicted molar refractivity (Wildman–Crippen MR) is 112 cm³/mol. The third kappa shape index (κ3) is 4.44. The van der Waals surface area contributed by atoms with E-state index >= 15 is 0 Å². The van der Waals surface area contributed by atoms with Gasteiger partial charge in [0.25, 0.3) is 0 Å². The smallest absolute Gasteiger partial charge is 0.440 e.